The molecule has 0 aliphatic carbocycles. The van der Waals surface area contributed by atoms with E-state index in [9.17, 15) is 14.7 Å². The zero-order valence-electron chi connectivity index (χ0n) is 29.6. The topological polar surface area (TPSA) is 72.8 Å². The minimum atomic E-state index is -2.35. The fourth-order valence-corrected chi connectivity index (χ4v) is 5.43. The highest BCUT2D eigenvalue weighted by molar-refractivity contribution is 6.22. The van der Waals surface area contributed by atoms with E-state index in [0.717, 1.165) is 57.8 Å². The number of hydrogen-bond acceptors (Lipinski definition) is 5. The molecule has 0 saturated heterocycles. The predicted molar refractivity (Wildman–Crippen MR) is 191 cm³/mol. The van der Waals surface area contributed by atoms with Crippen molar-refractivity contribution in [1.82, 2.24) is 0 Å². The molecular weight excluding hydrogens is 584 g/mol. The fourth-order valence-electron chi connectivity index (χ4n) is 5.30. The molecule has 0 aromatic heterocycles. The van der Waals surface area contributed by atoms with Gasteiger partial charge in [0.15, 0.2) is 6.10 Å². The van der Waals surface area contributed by atoms with Crippen LogP contribution < -0.4 is 0 Å². The van der Waals surface area contributed by atoms with Crippen LogP contribution >= 0.6 is 11.6 Å². The first kappa shape index (κ1) is 43.7. The number of rotatable bonds is 33. The van der Waals surface area contributed by atoms with Gasteiger partial charge in [0.25, 0.3) is 0 Å². The van der Waals surface area contributed by atoms with Crippen molar-refractivity contribution >= 4 is 23.5 Å². The highest BCUT2D eigenvalue weighted by atomic mass is 35.5. The molecule has 0 radical (unpaired) electrons. The van der Waals surface area contributed by atoms with Gasteiger partial charge in [0.05, 0.1) is 0 Å². The highest BCUT2D eigenvalue weighted by Gasteiger charge is 2.38. The summed E-state index contributed by atoms with van der Waals surface area (Å²) >= 11 is 6.02. The first-order valence-corrected chi connectivity index (χ1v) is 19.3. The van der Waals surface area contributed by atoms with Crippen molar-refractivity contribution in [3.05, 3.63) is 24.3 Å². The molecule has 0 spiro atoms. The number of halogens is 1. The maximum Gasteiger partial charge on any atom is 0.328 e. The van der Waals surface area contributed by atoms with Gasteiger partial charge in [0.2, 0.25) is 0 Å². The number of carbonyl (C=O) groups is 2. The number of aliphatic hydroxyl groups is 1. The first-order chi connectivity index (χ1) is 21.8. The zero-order chi connectivity index (χ0) is 33.3. The third kappa shape index (κ3) is 31.1. The van der Waals surface area contributed by atoms with Crippen molar-refractivity contribution < 1.29 is 24.2 Å². The number of allylic oxidation sites excluding steroid dienone is 4. The first-order valence-electron chi connectivity index (χ1n) is 19.0. The summed E-state index contributed by atoms with van der Waals surface area (Å²) in [5.41, 5.74) is 0. The molecule has 6 heteroatoms. The van der Waals surface area contributed by atoms with Crippen LogP contribution in [0.3, 0.4) is 0 Å². The Morgan fingerprint density at radius 1 is 0.556 bits per heavy atom. The Morgan fingerprint density at radius 2 is 0.867 bits per heavy atom. The molecule has 0 amide bonds. The van der Waals surface area contributed by atoms with E-state index in [-0.39, 0.29) is 12.8 Å². The number of hydrogen-bond donors (Lipinski definition) is 1. The molecule has 0 aromatic carbocycles. The van der Waals surface area contributed by atoms with Crippen LogP contribution in [-0.2, 0) is 19.1 Å². The van der Waals surface area contributed by atoms with E-state index in [0.29, 0.717) is 6.42 Å². The van der Waals surface area contributed by atoms with E-state index in [1.165, 1.54) is 110 Å². The summed E-state index contributed by atoms with van der Waals surface area (Å²) in [5.74, 6) is -1.02. The van der Waals surface area contributed by atoms with Gasteiger partial charge in [-0.1, -0.05) is 141 Å². The van der Waals surface area contributed by atoms with E-state index >= 15 is 0 Å². The molecule has 264 valence electrons. The molecule has 0 aliphatic rings. The minimum absolute atomic E-state index is 0.183. The smallest absolute Gasteiger partial charge is 0.328 e. The second-order valence-corrected chi connectivity index (χ2v) is 13.4. The number of carbonyl (C=O) groups excluding carboxylic acids is 2. The Bertz CT molecular complexity index is 733. The van der Waals surface area contributed by atoms with E-state index in [2.05, 4.69) is 38.2 Å². The lowest BCUT2D eigenvalue weighted by Crippen LogP contribution is -2.42. The van der Waals surface area contributed by atoms with Crippen molar-refractivity contribution in [2.75, 3.05) is 0 Å². The van der Waals surface area contributed by atoms with Crippen molar-refractivity contribution in [1.29, 1.82) is 0 Å². The normalized spacial score (nSPS) is 13.8. The lowest BCUT2D eigenvalue weighted by Gasteiger charge is -2.26. The van der Waals surface area contributed by atoms with Crippen LogP contribution in [0.15, 0.2) is 24.3 Å². The Morgan fingerprint density at radius 3 is 1.24 bits per heavy atom. The summed E-state index contributed by atoms with van der Waals surface area (Å²) in [7, 11) is 0. The summed E-state index contributed by atoms with van der Waals surface area (Å²) in [6.45, 7) is 5.95. The Kier molecular flexibility index (Phi) is 31.6. The van der Waals surface area contributed by atoms with Gasteiger partial charge in [-0.05, 0) is 82.7 Å². The second kappa shape index (κ2) is 32.6. The van der Waals surface area contributed by atoms with Gasteiger partial charge in [0.1, 0.15) is 0 Å². The van der Waals surface area contributed by atoms with Crippen molar-refractivity contribution in [2.45, 2.75) is 212 Å². The molecule has 0 saturated carbocycles. The average Bonchev–Trinajstić information content (AvgIpc) is 3.00. The maximum atomic E-state index is 12.2. The van der Waals surface area contributed by atoms with E-state index in [4.69, 9.17) is 21.1 Å². The van der Waals surface area contributed by atoms with Crippen LogP contribution in [0, 0.1) is 0 Å². The molecule has 45 heavy (non-hydrogen) atoms. The van der Waals surface area contributed by atoms with Gasteiger partial charge in [-0.2, -0.15) is 0 Å². The third-order valence-electron chi connectivity index (χ3n) is 8.35. The lowest BCUT2D eigenvalue weighted by molar-refractivity contribution is -0.213. The summed E-state index contributed by atoms with van der Waals surface area (Å²) in [5, 5.41) is 8.01. The molecule has 1 N–H and O–H groups in total. The van der Waals surface area contributed by atoms with Crippen LogP contribution in [0.5, 0.6) is 0 Å². The van der Waals surface area contributed by atoms with Gasteiger partial charge in [-0.25, -0.2) is 0 Å². The summed E-state index contributed by atoms with van der Waals surface area (Å²) in [6.07, 6.45) is 39.4. The standard InChI is InChI=1S/C39H71ClO5/c1-4-6-8-10-12-14-16-18-20-22-24-26-28-30-32-34-37(41)44-36(3)39(40,43)45-38(42)35-33-31-29-27-25-23-21-19-17-15-13-11-9-7-5-2/h18-21,36,43H,4-17,22-35H2,1-3H3/b20-18-,21-19-. The second-order valence-electron chi connectivity index (χ2n) is 12.9. The molecule has 0 aliphatic heterocycles. The fraction of sp³-hybridized carbons (Fsp3) is 0.846. The van der Waals surface area contributed by atoms with Crippen LogP contribution in [0.2, 0.25) is 0 Å². The number of unbranched alkanes of at least 4 members (excludes halogenated alkanes) is 22. The molecule has 0 fully saturated rings. The van der Waals surface area contributed by atoms with Crippen molar-refractivity contribution in [2.24, 2.45) is 0 Å². The Balaban J connectivity index is 3.73. The van der Waals surface area contributed by atoms with Gasteiger partial charge in [-0.3, -0.25) is 9.59 Å². The third-order valence-corrected chi connectivity index (χ3v) is 8.74. The van der Waals surface area contributed by atoms with Gasteiger partial charge >= 0.3 is 17.2 Å². The summed E-state index contributed by atoms with van der Waals surface area (Å²) in [6, 6.07) is 0. The molecule has 0 aromatic rings. The predicted octanol–water partition coefficient (Wildman–Crippen LogP) is 12.4. The Labute approximate surface area is 283 Å². The number of ether oxygens (including phenoxy) is 2. The quantitative estimate of drug-likeness (QED) is 0.0250. The van der Waals surface area contributed by atoms with Crippen LogP contribution in [0.1, 0.15) is 201 Å². The lowest BCUT2D eigenvalue weighted by atomic mass is 10.1. The highest BCUT2D eigenvalue weighted by Crippen LogP contribution is 2.23. The summed E-state index contributed by atoms with van der Waals surface area (Å²) in [4.78, 5) is 24.4. The maximum absolute atomic E-state index is 12.2. The molecule has 2 atom stereocenters. The molecule has 5 nitrogen and oxygen atoms in total. The van der Waals surface area contributed by atoms with E-state index < -0.39 is 23.3 Å². The largest absolute Gasteiger partial charge is 0.454 e. The molecule has 0 heterocycles. The van der Waals surface area contributed by atoms with Gasteiger partial charge < -0.3 is 14.6 Å². The van der Waals surface area contributed by atoms with E-state index in [1.807, 2.05) is 0 Å². The van der Waals surface area contributed by atoms with Crippen LogP contribution in [0.4, 0.5) is 0 Å². The van der Waals surface area contributed by atoms with Crippen molar-refractivity contribution in [3.63, 3.8) is 0 Å². The monoisotopic (exact) mass is 654 g/mol. The molecule has 0 rings (SSSR count). The van der Waals surface area contributed by atoms with Gasteiger partial charge in [-0.15, -0.1) is 0 Å². The minimum Gasteiger partial charge on any atom is -0.454 e. The number of esters is 2. The van der Waals surface area contributed by atoms with E-state index in [1.54, 1.807) is 0 Å². The summed E-state index contributed by atoms with van der Waals surface area (Å²) < 4.78 is 10.3. The van der Waals surface area contributed by atoms with Crippen molar-refractivity contribution in [3.8, 4) is 0 Å². The average molecular weight is 655 g/mol. The Hall–Kier alpha value is -1.33. The molecule has 0 bridgehead atoms. The number of alkyl halides is 1. The van der Waals surface area contributed by atoms with Crippen LogP contribution in [0.25, 0.3) is 0 Å². The molecular formula is C39H71ClO5. The van der Waals surface area contributed by atoms with Crippen LogP contribution in [-0.4, -0.2) is 28.4 Å². The van der Waals surface area contributed by atoms with Gasteiger partial charge in [0, 0.05) is 12.8 Å². The zero-order valence-corrected chi connectivity index (χ0v) is 30.4. The SMILES string of the molecule is CCCCCCCC/C=C\CCCCCCCC(=O)OC(C)C(O)(Cl)OC(=O)CCCCCCC/C=C\CCCCCCCC. The molecule has 2 unspecified atom stereocenters.